The van der Waals surface area contributed by atoms with E-state index in [1.54, 1.807) is 0 Å². The molecule has 146 valence electrons. The summed E-state index contributed by atoms with van der Waals surface area (Å²) in [7, 11) is 0. The fraction of sp³-hybridized carbons (Fsp3) is 0.524. The first-order valence-electron chi connectivity index (χ1n) is 10.0. The van der Waals surface area contributed by atoms with E-state index in [1.165, 1.54) is 24.1 Å². The van der Waals surface area contributed by atoms with Crippen molar-refractivity contribution in [3.8, 4) is 0 Å². The number of anilines is 1. The van der Waals surface area contributed by atoms with E-state index >= 15 is 0 Å². The molecule has 2 aromatic rings. The van der Waals surface area contributed by atoms with Crippen LogP contribution in [0.25, 0.3) is 0 Å². The van der Waals surface area contributed by atoms with Crippen LogP contribution in [-0.4, -0.2) is 30.8 Å². The van der Waals surface area contributed by atoms with Crippen LogP contribution in [0.4, 0.5) is 5.69 Å². The van der Waals surface area contributed by atoms with Gasteiger partial charge in [0.25, 0.3) is 0 Å². The fourth-order valence-electron chi connectivity index (χ4n) is 3.33. The summed E-state index contributed by atoms with van der Waals surface area (Å²) in [4.78, 5) is 7.11. The number of aryl methyl sites for hydroxylation is 1. The molecule has 1 atom stereocenters. The minimum atomic E-state index is 0.159. The number of hydrogen-bond acceptors (Lipinski definition) is 4. The molecule has 1 aliphatic heterocycles. The smallest absolute Gasteiger partial charge is 0.192 e. The first-order chi connectivity index (χ1) is 13.2. The van der Waals surface area contributed by atoms with Crippen LogP contribution in [0.3, 0.4) is 0 Å². The Kier molecular flexibility index (Phi) is 6.74. The van der Waals surface area contributed by atoms with Crippen molar-refractivity contribution in [1.29, 1.82) is 0 Å². The third-order valence-corrected chi connectivity index (χ3v) is 4.90. The Morgan fingerprint density at radius 3 is 2.78 bits per heavy atom. The van der Waals surface area contributed by atoms with Gasteiger partial charge in [0, 0.05) is 31.4 Å². The second-order valence-corrected chi connectivity index (χ2v) is 6.99. The highest BCUT2D eigenvalue weighted by Crippen LogP contribution is 2.24. The maximum absolute atomic E-state index is 5.33. The Balaban J connectivity index is 1.66. The van der Waals surface area contributed by atoms with Crippen molar-refractivity contribution in [1.82, 2.24) is 15.8 Å². The number of rotatable bonds is 7. The van der Waals surface area contributed by atoms with E-state index in [1.807, 2.05) is 6.07 Å². The van der Waals surface area contributed by atoms with Crippen LogP contribution in [0.1, 0.15) is 56.7 Å². The lowest BCUT2D eigenvalue weighted by Gasteiger charge is -2.22. The Hall–Kier alpha value is -2.50. The predicted octanol–water partition coefficient (Wildman–Crippen LogP) is 3.65. The van der Waals surface area contributed by atoms with Gasteiger partial charge in [-0.1, -0.05) is 24.2 Å². The molecule has 6 heteroatoms. The molecular weight excluding hydrogens is 338 g/mol. The number of nitrogens with zero attached hydrogens (tertiary/aromatic N) is 3. The number of benzene rings is 1. The van der Waals surface area contributed by atoms with Crippen LogP contribution in [0.2, 0.25) is 0 Å². The molecule has 1 fully saturated rings. The summed E-state index contributed by atoms with van der Waals surface area (Å²) in [5.74, 6) is 1.57. The Labute approximate surface area is 162 Å². The van der Waals surface area contributed by atoms with Gasteiger partial charge in [0.05, 0.1) is 11.7 Å². The molecule has 3 rings (SSSR count). The predicted molar refractivity (Wildman–Crippen MR) is 110 cm³/mol. The molecule has 1 aromatic heterocycles. The van der Waals surface area contributed by atoms with Crippen molar-refractivity contribution < 1.29 is 4.52 Å². The highest BCUT2D eigenvalue weighted by atomic mass is 16.5. The fourth-order valence-corrected chi connectivity index (χ4v) is 3.33. The molecule has 0 spiro atoms. The van der Waals surface area contributed by atoms with E-state index in [4.69, 9.17) is 4.52 Å². The Morgan fingerprint density at radius 2 is 2.07 bits per heavy atom. The summed E-state index contributed by atoms with van der Waals surface area (Å²) in [5, 5.41) is 10.8. The summed E-state index contributed by atoms with van der Waals surface area (Å²) >= 11 is 0. The van der Waals surface area contributed by atoms with Gasteiger partial charge in [-0.3, -0.25) is 0 Å². The number of guanidine groups is 1. The maximum atomic E-state index is 5.33. The molecule has 0 aliphatic carbocycles. The molecule has 1 unspecified atom stereocenters. The van der Waals surface area contributed by atoms with E-state index in [9.17, 15) is 0 Å². The minimum absolute atomic E-state index is 0.159. The van der Waals surface area contributed by atoms with E-state index < -0.39 is 0 Å². The lowest BCUT2D eigenvalue weighted by molar-refractivity contribution is 0.379. The molecule has 0 radical (unpaired) electrons. The zero-order valence-electron chi connectivity index (χ0n) is 16.7. The standard InChI is InChI=1S/C21H31N5O/c1-4-18-14-20(27-25-18)15-23-21(22-5-2)24-16(3)17-9-8-10-19(13-17)26-11-6-7-12-26/h8-10,13-14,16H,4-7,11-12,15H2,1-3H3,(H2,22,23,24). The van der Waals surface area contributed by atoms with Gasteiger partial charge in [-0.15, -0.1) is 0 Å². The molecule has 0 amide bonds. The zero-order valence-corrected chi connectivity index (χ0v) is 16.7. The van der Waals surface area contributed by atoms with Gasteiger partial charge in [0.2, 0.25) is 0 Å². The summed E-state index contributed by atoms with van der Waals surface area (Å²) in [6.45, 7) is 9.90. The van der Waals surface area contributed by atoms with Crippen LogP contribution >= 0.6 is 0 Å². The average Bonchev–Trinajstić information content (AvgIpc) is 3.38. The van der Waals surface area contributed by atoms with Gasteiger partial charge in [-0.05, 0) is 50.8 Å². The van der Waals surface area contributed by atoms with Crippen molar-refractivity contribution >= 4 is 11.6 Å². The Morgan fingerprint density at radius 1 is 1.26 bits per heavy atom. The van der Waals surface area contributed by atoms with E-state index in [2.05, 4.69) is 70.7 Å². The molecule has 1 saturated heterocycles. The van der Waals surface area contributed by atoms with Crippen LogP contribution in [-0.2, 0) is 13.0 Å². The third kappa shape index (κ3) is 5.25. The highest BCUT2D eigenvalue weighted by molar-refractivity contribution is 5.80. The maximum Gasteiger partial charge on any atom is 0.192 e. The van der Waals surface area contributed by atoms with Crippen molar-refractivity contribution in [3.63, 3.8) is 0 Å². The third-order valence-electron chi connectivity index (χ3n) is 4.90. The molecule has 1 aliphatic rings. The molecule has 2 heterocycles. The molecular formula is C21H31N5O. The van der Waals surface area contributed by atoms with Crippen molar-refractivity contribution in [2.45, 2.75) is 52.6 Å². The first kappa shape index (κ1) is 19.3. The molecule has 27 heavy (non-hydrogen) atoms. The second kappa shape index (κ2) is 9.44. The summed E-state index contributed by atoms with van der Waals surface area (Å²) in [6, 6.07) is 10.9. The summed E-state index contributed by atoms with van der Waals surface area (Å²) < 4.78 is 5.33. The normalized spacial score (nSPS) is 15.8. The number of aliphatic imine (C=N–C) groups is 1. The van der Waals surface area contributed by atoms with Gasteiger partial charge in [0.15, 0.2) is 11.7 Å². The minimum Gasteiger partial charge on any atom is -0.372 e. The summed E-state index contributed by atoms with van der Waals surface area (Å²) in [6.07, 6.45) is 3.45. The molecule has 0 saturated carbocycles. The van der Waals surface area contributed by atoms with E-state index in [0.29, 0.717) is 6.54 Å². The van der Waals surface area contributed by atoms with Crippen LogP contribution in [0.15, 0.2) is 39.8 Å². The van der Waals surface area contributed by atoms with Gasteiger partial charge >= 0.3 is 0 Å². The lowest BCUT2D eigenvalue weighted by Crippen LogP contribution is -2.38. The number of aromatic nitrogens is 1. The topological polar surface area (TPSA) is 65.7 Å². The highest BCUT2D eigenvalue weighted by Gasteiger charge is 2.14. The van der Waals surface area contributed by atoms with E-state index in [0.717, 1.165) is 43.5 Å². The van der Waals surface area contributed by atoms with Crippen molar-refractivity contribution in [2.75, 3.05) is 24.5 Å². The molecule has 1 aromatic carbocycles. The molecule has 0 bridgehead atoms. The number of nitrogens with one attached hydrogen (secondary N) is 2. The second-order valence-electron chi connectivity index (χ2n) is 6.99. The molecule has 6 nitrogen and oxygen atoms in total. The van der Waals surface area contributed by atoms with Gasteiger partial charge in [-0.25, -0.2) is 4.99 Å². The Bertz CT molecular complexity index is 749. The first-order valence-corrected chi connectivity index (χ1v) is 10.0. The van der Waals surface area contributed by atoms with Crippen molar-refractivity contribution in [3.05, 3.63) is 47.3 Å². The SMILES string of the molecule is CCNC(=NCc1cc(CC)no1)NC(C)c1cccc(N2CCCC2)c1. The van der Waals surface area contributed by atoms with Crippen LogP contribution < -0.4 is 15.5 Å². The van der Waals surface area contributed by atoms with Gasteiger partial charge in [-0.2, -0.15) is 0 Å². The average molecular weight is 370 g/mol. The van der Waals surface area contributed by atoms with Crippen molar-refractivity contribution in [2.24, 2.45) is 4.99 Å². The molecule has 2 N–H and O–H groups in total. The zero-order chi connectivity index (χ0) is 19.1. The van der Waals surface area contributed by atoms with Gasteiger partial charge < -0.3 is 20.1 Å². The number of hydrogen-bond donors (Lipinski definition) is 2. The quantitative estimate of drug-likeness (QED) is 0.576. The van der Waals surface area contributed by atoms with Crippen LogP contribution in [0.5, 0.6) is 0 Å². The lowest BCUT2D eigenvalue weighted by atomic mass is 10.1. The van der Waals surface area contributed by atoms with E-state index in [-0.39, 0.29) is 6.04 Å². The summed E-state index contributed by atoms with van der Waals surface area (Å²) in [5.41, 5.74) is 3.54. The van der Waals surface area contributed by atoms with Crippen LogP contribution in [0, 0.1) is 0 Å². The monoisotopic (exact) mass is 369 g/mol. The largest absolute Gasteiger partial charge is 0.372 e. The van der Waals surface area contributed by atoms with Gasteiger partial charge in [0.1, 0.15) is 6.54 Å².